The first-order chi connectivity index (χ1) is 7.93. The summed E-state index contributed by atoms with van der Waals surface area (Å²) >= 11 is 0. The van der Waals surface area contributed by atoms with Crippen LogP contribution in [-0.2, 0) is 9.59 Å². The lowest BCUT2D eigenvalue weighted by Gasteiger charge is -2.40. The monoisotopic (exact) mass is 242 g/mol. The molecule has 1 amide bonds. The Morgan fingerprint density at radius 3 is 2.53 bits per heavy atom. The molecule has 17 heavy (non-hydrogen) atoms. The van der Waals surface area contributed by atoms with Gasteiger partial charge < -0.3 is 16.2 Å². The zero-order valence-corrected chi connectivity index (χ0v) is 10.4. The van der Waals surface area contributed by atoms with Crippen molar-refractivity contribution in [1.29, 1.82) is 0 Å². The van der Waals surface area contributed by atoms with Gasteiger partial charge in [-0.15, -0.1) is 0 Å². The molecule has 5 nitrogen and oxygen atoms in total. The van der Waals surface area contributed by atoms with Gasteiger partial charge in [-0.3, -0.25) is 9.59 Å². The SMILES string of the molecule is CC(N)CCC(=O)NCC1(CC(=O)O)CCC1. The van der Waals surface area contributed by atoms with E-state index in [4.69, 9.17) is 10.8 Å². The molecule has 1 saturated carbocycles. The van der Waals surface area contributed by atoms with Gasteiger partial charge in [0.1, 0.15) is 0 Å². The molecule has 1 unspecified atom stereocenters. The fraction of sp³-hybridized carbons (Fsp3) is 0.833. The van der Waals surface area contributed by atoms with Gasteiger partial charge >= 0.3 is 5.97 Å². The quantitative estimate of drug-likeness (QED) is 0.617. The highest BCUT2D eigenvalue weighted by molar-refractivity contribution is 5.76. The van der Waals surface area contributed by atoms with Crippen molar-refractivity contribution in [3.05, 3.63) is 0 Å². The highest BCUT2D eigenvalue weighted by Crippen LogP contribution is 2.43. The number of carboxylic acid groups (broad SMARTS) is 1. The molecule has 0 aromatic carbocycles. The number of hydrogen-bond donors (Lipinski definition) is 3. The van der Waals surface area contributed by atoms with Gasteiger partial charge in [0.2, 0.25) is 5.91 Å². The molecule has 1 aliphatic rings. The molecular formula is C12H22N2O3. The van der Waals surface area contributed by atoms with Gasteiger partial charge in [-0.25, -0.2) is 0 Å². The van der Waals surface area contributed by atoms with Gasteiger partial charge in [0, 0.05) is 19.0 Å². The van der Waals surface area contributed by atoms with Crippen molar-refractivity contribution in [3.63, 3.8) is 0 Å². The van der Waals surface area contributed by atoms with E-state index in [0.29, 0.717) is 19.4 Å². The molecule has 1 aliphatic carbocycles. The largest absolute Gasteiger partial charge is 0.481 e. The number of carbonyl (C=O) groups is 2. The Morgan fingerprint density at radius 2 is 2.12 bits per heavy atom. The summed E-state index contributed by atoms with van der Waals surface area (Å²) in [7, 11) is 0. The number of aliphatic carboxylic acids is 1. The first kappa shape index (κ1) is 14.0. The number of nitrogens with two attached hydrogens (primary N) is 1. The lowest BCUT2D eigenvalue weighted by molar-refractivity contribution is -0.141. The van der Waals surface area contributed by atoms with Crippen LogP contribution < -0.4 is 11.1 Å². The number of hydrogen-bond acceptors (Lipinski definition) is 3. The van der Waals surface area contributed by atoms with Crippen LogP contribution in [0.15, 0.2) is 0 Å². The summed E-state index contributed by atoms with van der Waals surface area (Å²) in [5, 5.41) is 11.7. The van der Waals surface area contributed by atoms with Gasteiger partial charge in [-0.1, -0.05) is 6.42 Å². The van der Waals surface area contributed by atoms with Crippen LogP contribution in [0.2, 0.25) is 0 Å². The molecular weight excluding hydrogens is 220 g/mol. The predicted molar refractivity (Wildman–Crippen MR) is 64.4 cm³/mol. The minimum absolute atomic E-state index is 0.0254. The second-order valence-corrected chi connectivity index (χ2v) is 5.22. The Kier molecular flexibility index (Phi) is 4.93. The molecule has 1 atom stereocenters. The standard InChI is InChI=1S/C12H22N2O3/c1-9(13)3-4-10(15)14-8-12(5-2-6-12)7-11(16)17/h9H,2-8,13H2,1H3,(H,14,15)(H,16,17). The molecule has 0 radical (unpaired) electrons. The molecule has 0 saturated heterocycles. The van der Waals surface area contributed by atoms with Crippen molar-refractivity contribution in [2.45, 2.75) is 51.5 Å². The average Bonchev–Trinajstić information content (AvgIpc) is 2.18. The highest BCUT2D eigenvalue weighted by atomic mass is 16.4. The molecule has 0 aromatic heterocycles. The summed E-state index contributed by atoms with van der Waals surface area (Å²) in [4.78, 5) is 22.2. The van der Waals surface area contributed by atoms with Crippen molar-refractivity contribution in [3.8, 4) is 0 Å². The van der Waals surface area contributed by atoms with Gasteiger partial charge in [0.05, 0.1) is 6.42 Å². The molecule has 1 fully saturated rings. The summed E-state index contributed by atoms with van der Waals surface area (Å²) in [5.41, 5.74) is 5.37. The molecule has 98 valence electrons. The van der Waals surface area contributed by atoms with E-state index in [2.05, 4.69) is 5.32 Å². The number of carboxylic acids is 1. The highest BCUT2D eigenvalue weighted by Gasteiger charge is 2.39. The van der Waals surface area contributed by atoms with Crippen LogP contribution in [0.5, 0.6) is 0 Å². The van der Waals surface area contributed by atoms with E-state index in [9.17, 15) is 9.59 Å². The van der Waals surface area contributed by atoms with Crippen molar-refractivity contribution < 1.29 is 14.7 Å². The smallest absolute Gasteiger partial charge is 0.303 e. The second kappa shape index (κ2) is 6.00. The fourth-order valence-corrected chi connectivity index (χ4v) is 2.15. The lowest BCUT2D eigenvalue weighted by atomic mass is 9.66. The molecule has 0 bridgehead atoms. The topological polar surface area (TPSA) is 92.4 Å². The first-order valence-electron chi connectivity index (χ1n) is 6.18. The third kappa shape index (κ3) is 4.73. The molecule has 0 spiro atoms. The zero-order chi connectivity index (χ0) is 12.9. The van der Waals surface area contributed by atoms with E-state index < -0.39 is 5.97 Å². The van der Waals surface area contributed by atoms with Crippen molar-refractivity contribution >= 4 is 11.9 Å². The Labute approximate surface area is 102 Å². The van der Waals surface area contributed by atoms with Crippen LogP contribution in [0.1, 0.15) is 45.4 Å². The summed E-state index contributed by atoms with van der Waals surface area (Å²) in [6.45, 7) is 2.35. The van der Waals surface area contributed by atoms with Crippen LogP contribution >= 0.6 is 0 Å². The molecule has 5 heteroatoms. The summed E-state index contributed by atoms with van der Waals surface area (Å²) < 4.78 is 0. The fourth-order valence-electron chi connectivity index (χ4n) is 2.15. The van der Waals surface area contributed by atoms with E-state index >= 15 is 0 Å². The summed E-state index contributed by atoms with van der Waals surface area (Å²) in [6, 6.07) is 0.0254. The summed E-state index contributed by atoms with van der Waals surface area (Å²) in [5.74, 6) is -0.812. The second-order valence-electron chi connectivity index (χ2n) is 5.22. The van der Waals surface area contributed by atoms with Crippen molar-refractivity contribution in [1.82, 2.24) is 5.32 Å². The average molecular weight is 242 g/mol. The van der Waals surface area contributed by atoms with Crippen LogP contribution in [0.25, 0.3) is 0 Å². The number of rotatable bonds is 7. The van der Waals surface area contributed by atoms with E-state index in [-0.39, 0.29) is 23.8 Å². The molecule has 1 rings (SSSR count). The number of carbonyl (C=O) groups excluding carboxylic acids is 1. The molecule has 4 N–H and O–H groups in total. The predicted octanol–water partition coefficient (Wildman–Crippen LogP) is 0.875. The first-order valence-corrected chi connectivity index (χ1v) is 6.18. The van der Waals surface area contributed by atoms with Gasteiger partial charge in [0.25, 0.3) is 0 Å². The summed E-state index contributed by atoms with van der Waals surface area (Å²) in [6.07, 6.45) is 4.09. The van der Waals surface area contributed by atoms with Gasteiger partial charge in [-0.2, -0.15) is 0 Å². The maximum Gasteiger partial charge on any atom is 0.303 e. The Hall–Kier alpha value is -1.10. The van der Waals surface area contributed by atoms with Crippen LogP contribution in [-0.4, -0.2) is 29.6 Å². The van der Waals surface area contributed by atoms with Crippen LogP contribution in [0.4, 0.5) is 0 Å². The minimum atomic E-state index is -0.783. The Balaban J connectivity index is 2.28. The maximum absolute atomic E-state index is 11.5. The Bertz CT molecular complexity index is 285. The van der Waals surface area contributed by atoms with Gasteiger partial charge in [-0.05, 0) is 31.6 Å². The molecule has 0 aromatic rings. The van der Waals surface area contributed by atoms with Crippen LogP contribution in [0.3, 0.4) is 0 Å². The third-order valence-electron chi connectivity index (χ3n) is 3.43. The molecule has 0 heterocycles. The number of amides is 1. The Morgan fingerprint density at radius 1 is 1.47 bits per heavy atom. The zero-order valence-electron chi connectivity index (χ0n) is 10.4. The van der Waals surface area contributed by atoms with E-state index in [1.54, 1.807) is 0 Å². The number of nitrogens with one attached hydrogen (secondary N) is 1. The van der Waals surface area contributed by atoms with Gasteiger partial charge in [0.15, 0.2) is 0 Å². The molecule has 0 aliphatic heterocycles. The van der Waals surface area contributed by atoms with E-state index in [1.165, 1.54) is 0 Å². The normalized spacial score (nSPS) is 19.2. The van der Waals surface area contributed by atoms with E-state index in [1.807, 2.05) is 6.92 Å². The maximum atomic E-state index is 11.5. The third-order valence-corrected chi connectivity index (χ3v) is 3.43. The van der Waals surface area contributed by atoms with Crippen molar-refractivity contribution in [2.75, 3.05) is 6.54 Å². The minimum Gasteiger partial charge on any atom is -0.481 e. The van der Waals surface area contributed by atoms with E-state index in [0.717, 1.165) is 19.3 Å². The van der Waals surface area contributed by atoms with Crippen molar-refractivity contribution in [2.24, 2.45) is 11.1 Å². The lowest BCUT2D eigenvalue weighted by Crippen LogP contribution is -2.43. The van der Waals surface area contributed by atoms with Crippen LogP contribution in [0, 0.1) is 5.41 Å².